The number of hydrogen-bond donors (Lipinski definition) is 1. The molecular formula is C10H12BrN3O. The fraction of sp³-hybridized carbons (Fsp3) is 0.400. The maximum atomic E-state index is 10.7. The van der Waals surface area contributed by atoms with Crippen LogP contribution in [0.2, 0.25) is 0 Å². The highest BCUT2D eigenvalue weighted by Gasteiger charge is 2.29. The SMILES string of the molecule is NC(=O)CC1CN(c2ncccc2Br)C1. The van der Waals surface area contributed by atoms with Gasteiger partial charge in [-0.25, -0.2) is 4.98 Å². The van der Waals surface area contributed by atoms with E-state index in [1.54, 1.807) is 6.20 Å². The molecule has 5 heteroatoms. The molecule has 0 bridgehead atoms. The fourth-order valence-electron chi connectivity index (χ4n) is 1.77. The Bertz CT molecular complexity index is 377. The third-order valence-electron chi connectivity index (χ3n) is 2.49. The van der Waals surface area contributed by atoms with Crippen LogP contribution in [0.5, 0.6) is 0 Å². The molecule has 1 fully saturated rings. The molecular weight excluding hydrogens is 258 g/mol. The Morgan fingerprint density at radius 1 is 1.67 bits per heavy atom. The van der Waals surface area contributed by atoms with Crippen molar-refractivity contribution in [1.82, 2.24) is 4.98 Å². The maximum absolute atomic E-state index is 10.7. The molecule has 1 aliphatic heterocycles. The first-order valence-electron chi connectivity index (χ1n) is 4.80. The van der Waals surface area contributed by atoms with Crippen molar-refractivity contribution >= 4 is 27.7 Å². The van der Waals surface area contributed by atoms with Crippen LogP contribution in [0.3, 0.4) is 0 Å². The van der Waals surface area contributed by atoms with Gasteiger partial charge in [0.05, 0.1) is 4.47 Å². The van der Waals surface area contributed by atoms with Crippen LogP contribution in [0, 0.1) is 5.92 Å². The van der Waals surface area contributed by atoms with E-state index in [-0.39, 0.29) is 5.91 Å². The first-order valence-corrected chi connectivity index (χ1v) is 5.60. The van der Waals surface area contributed by atoms with Crippen LogP contribution < -0.4 is 10.6 Å². The number of hydrogen-bond acceptors (Lipinski definition) is 3. The van der Waals surface area contributed by atoms with Crippen molar-refractivity contribution in [2.75, 3.05) is 18.0 Å². The average molecular weight is 270 g/mol. The van der Waals surface area contributed by atoms with Crippen LogP contribution in [0.1, 0.15) is 6.42 Å². The van der Waals surface area contributed by atoms with Gasteiger partial charge in [0.2, 0.25) is 5.91 Å². The zero-order chi connectivity index (χ0) is 10.8. The summed E-state index contributed by atoms with van der Waals surface area (Å²) in [6.45, 7) is 1.72. The van der Waals surface area contributed by atoms with Crippen molar-refractivity contribution in [3.8, 4) is 0 Å². The molecule has 0 spiro atoms. The second kappa shape index (κ2) is 4.18. The first-order chi connectivity index (χ1) is 7.16. The number of primary amides is 1. The summed E-state index contributed by atoms with van der Waals surface area (Å²) in [6, 6.07) is 3.85. The lowest BCUT2D eigenvalue weighted by atomic mass is 9.96. The van der Waals surface area contributed by atoms with E-state index in [4.69, 9.17) is 5.73 Å². The van der Waals surface area contributed by atoms with Gasteiger partial charge in [0.1, 0.15) is 5.82 Å². The molecule has 4 nitrogen and oxygen atoms in total. The second-order valence-electron chi connectivity index (χ2n) is 3.75. The van der Waals surface area contributed by atoms with Crippen LogP contribution >= 0.6 is 15.9 Å². The highest BCUT2D eigenvalue weighted by atomic mass is 79.9. The molecule has 1 saturated heterocycles. The topological polar surface area (TPSA) is 59.2 Å². The normalized spacial score (nSPS) is 16.2. The predicted molar refractivity (Wildman–Crippen MR) is 61.5 cm³/mol. The van der Waals surface area contributed by atoms with Crippen LogP contribution in [0.15, 0.2) is 22.8 Å². The minimum atomic E-state index is -0.222. The summed E-state index contributed by atoms with van der Waals surface area (Å²) in [5, 5.41) is 0. The van der Waals surface area contributed by atoms with Gasteiger partial charge in [-0.15, -0.1) is 0 Å². The number of amides is 1. The van der Waals surface area contributed by atoms with Crippen LogP contribution in [-0.4, -0.2) is 24.0 Å². The Kier molecular flexibility index (Phi) is 2.90. The van der Waals surface area contributed by atoms with Crippen LogP contribution in [0.4, 0.5) is 5.82 Å². The lowest BCUT2D eigenvalue weighted by Gasteiger charge is -2.40. The highest BCUT2D eigenvalue weighted by Crippen LogP contribution is 2.30. The van der Waals surface area contributed by atoms with E-state index in [1.807, 2.05) is 12.1 Å². The molecule has 0 atom stereocenters. The van der Waals surface area contributed by atoms with Gasteiger partial charge in [0.25, 0.3) is 0 Å². The summed E-state index contributed by atoms with van der Waals surface area (Å²) < 4.78 is 0.988. The molecule has 0 saturated carbocycles. The molecule has 1 amide bonds. The van der Waals surface area contributed by atoms with Gasteiger partial charge < -0.3 is 10.6 Å². The molecule has 1 aromatic rings. The number of carbonyl (C=O) groups excluding carboxylic acids is 1. The molecule has 0 aromatic carbocycles. The Balaban J connectivity index is 1.95. The Hall–Kier alpha value is -1.10. The van der Waals surface area contributed by atoms with E-state index in [0.717, 1.165) is 23.4 Å². The molecule has 15 heavy (non-hydrogen) atoms. The smallest absolute Gasteiger partial charge is 0.217 e. The zero-order valence-corrected chi connectivity index (χ0v) is 9.77. The minimum absolute atomic E-state index is 0.222. The van der Waals surface area contributed by atoms with Crippen molar-refractivity contribution in [1.29, 1.82) is 0 Å². The summed E-state index contributed by atoms with van der Waals surface area (Å²) in [5.41, 5.74) is 5.13. The molecule has 0 aliphatic carbocycles. The maximum Gasteiger partial charge on any atom is 0.217 e. The van der Waals surface area contributed by atoms with Gasteiger partial charge in [-0.1, -0.05) is 0 Å². The third-order valence-corrected chi connectivity index (χ3v) is 3.10. The van der Waals surface area contributed by atoms with E-state index in [9.17, 15) is 4.79 Å². The second-order valence-corrected chi connectivity index (χ2v) is 4.60. The van der Waals surface area contributed by atoms with E-state index in [1.165, 1.54) is 0 Å². The van der Waals surface area contributed by atoms with Gasteiger partial charge >= 0.3 is 0 Å². The summed E-state index contributed by atoms with van der Waals surface area (Å²) >= 11 is 3.45. The molecule has 1 aliphatic rings. The molecule has 1 aromatic heterocycles. The minimum Gasteiger partial charge on any atom is -0.370 e. The summed E-state index contributed by atoms with van der Waals surface area (Å²) in [4.78, 5) is 17.1. The number of nitrogens with two attached hydrogens (primary N) is 1. The molecule has 2 heterocycles. The number of carbonyl (C=O) groups is 1. The van der Waals surface area contributed by atoms with Gasteiger partial charge in [-0.05, 0) is 28.1 Å². The van der Waals surface area contributed by atoms with Crippen molar-refractivity contribution in [2.45, 2.75) is 6.42 Å². The number of rotatable bonds is 3. The quantitative estimate of drug-likeness (QED) is 0.896. The molecule has 0 unspecified atom stereocenters. The number of anilines is 1. The van der Waals surface area contributed by atoms with Crippen molar-refractivity contribution < 1.29 is 4.79 Å². The Labute approximate surface area is 96.6 Å². The van der Waals surface area contributed by atoms with E-state index in [0.29, 0.717) is 12.3 Å². The van der Waals surface area contributed by atoms with Gasteiger partial charge in [0.15, 0.2) is 0 Å². The van der Waals surface area contributed by atoms with Crippen LogP contribution in [-0.2, 0) is 4.79 Å². The van der Waals surface area contributed by atoms with Crippen LogP contribution in [0.25, 0.3) is 0 Å². The monoisotopic (exact) mass is 269 g/mol. The Morgan fingerprint density at radius 2 is 2.40 bits per heavy atom. The van der Waals surface area contributed by atoms with E-state index in [2.05, 4.69) is 25.8 Å². The van der Waals surface area contributed by atoms with Gasteiger partial charge in [0, 0.05) is 31.6 Å². The first kappa shape index (κ1) is 10.4. The lowest BCUT2D eigenvalue weighted by molar-refractivity contribution is -0.119. The largest absolute Gasteiger partial charge is 0.370 e. The average Bonchev–Trinajstić information content (AvgIpc) is 2.12. The number of halogens is 1. The van der Waals surface area contributed by atoms with E-state index < -0.39 is 0 Å². The van der Waals surface area contributed by atoms with Crippen molar-refractivity contribution in [3.05, 3.63) is 22.8 Å². The van der Waals surface area contributed by atoms with E-state index >= 15 is 0 Å². The summed E-state index contributed by atoms with van der Waals surface area (Å²) in [6.07, 6.45) is 2.24. The highest BCUT2D eigenvalue weighted by molar-refractivity contribution is 9.10. The Morgan fingerprint density at radius 3 is 3.00 bits per heavy atom. The fourth-order valence-corrected chi connectivity index (χ4v) is 2.27. The van der Waals surface area contributed by atoms with Crippen molar-refractivity contribution in [2.24, 2.45) is 11.7 Å². The number of aromatic nitrogens is 1. The van der Waals surface area contributed by atoms with Gasteiger partial charge in [-0.3, -0.25) is 4.79 Å². The predicted octanol–water partition coefficient (Wildman–Crippen LogP) is 1.16. The number of nitrogens with zero attached hydrogens (tertiary/aromatic N) is 2. The number of pyridine rings is 1. The van der Waals surface area contributed by atoms with Crippen molar-refractivity contribution in [3.63, 3.8) is 0 Å². The standard InChI is InChI=1S/C10H12BrN3O/c11-8-2-1-3-13-10(8)14-5-7(6-14)4-9(12)15/h1-3,7H,4-6H2,(H2,12,15). The molecule has 80 valence electrons. The summed E-state index contributed by atoms with van der Waals surface area (Å²) in [7, 11) is 0. The molecule has 0 radical (unpaired) electrons. The zero-order valence-electron chi connectivity index (χ0n) is 8.19. The van der Waals surface area contributed by atoms with Gasteiger partial charge in [-0.2, -0.15) is 0 Å². The third kappa shape index (κ3) is 2.28. The summed E-state index contributed by atoms with van der Waals surface area (Å²) in [5.74, 6) is 1.11. The lowest BCUT2D eigenvalue weighted by Crippen LogP contribution is -2.48. The molecule has 2 N–H and O–H groups in total. The molecule has 2 rings (SSSR count).